The minimum Gasteiger partial charge on any atom is -0.290 e. The molecule has 0 aliphatic heterocycles. The average molecular weight is 210 g/mol. The van der Waals surface area contributed by atoms with Crippen molar-refractivity contribution >= 4 is 11.6 Å². The third-order valence-corrected chi connectivity index (χ3v) is 3.20. The number of rotatable bonds is 0. The predicted octanol–water partition coefficient (Wildman–Crippen LogP) is 1.79. The minimum absolute atomic E-state index is 0.0101. The van der Waals surface area contributed by atoms with Crippen LogP contribution in [0.3, 0.4) is 0 Å². The van der Waals surface area contributed by atoms with Gasteiger partial charge in [-0.2, -0.15) is 0 Å². The summed E-state index contributed by atoms with van der Waals surface area (Å²) in [5.41, 5.74) is 3.70. The Kier molecular flexibility index (Phi) is 1.90. The second kappa shape index (κ2) is 3.27. The zero-order chi connectivity index (χ0) is 11.1. The summed E-state index contributed by atoms with van der Waals surface area (Å²) in [6, 6.07) is 7.98. The SMILES string of the molecule is O=C1C=CC(=O)C2=C1Cc1ccccc1C2. The molecule has 78 valence electrons. The van der Waals surface area contributed by atoms with E-state index >= 15 is 0 Å². The molecule has 0 aromatic heterocycles. The zero-order valence-electron chi connectivity index (χ0n) is 8.69. The van der Waals surface area contributed by atoms with Gasteiger partial charge in [-0.1, -0.05) is 24.3 Å². The maximum absolute atomic E-state index is 11.7. The van der Waals surface area contributed by atoms with Crippen molar-refractivity contribution < 1.29 is 9.59 Å². The Morgan fingerprint density at radius 2 is 1.19 bits per heavy atom. The maximum Gasteiger partial charge on any atom is 0.182 e. The van der Waals surface area contributed by atoms with Crippen LogP contribution in [0.1, 0.15) is 11.1 Å². The number of allylic oxidation sites excluding steroid dienone is 4. The maximum atomic E-state index is 11.7. The molecule has 0 unspecified atom stereocenters. The fourth-order valence-electron chi connectivity index (χ4n) is 2.32. The minimum atomic E-state index is -0.0101. The Morgan fingerprint density at radius 1 is 0.750 bits per heavy atom. The normalized spacial score (nSPS) is 18.5. The number of carbonyl (C=O) groups is 2. The molecule has 2 heteroatoms. The molecule has 1 aromatic carbocycles. The fraction of sp³-hybridized carbons (Fsp3) is 0.143. The van der Waals surface area contributed by atoms with E-state index in [1.807, 2.05) is 24.3 Å². The summed E-state index contributed by atoms with van der Waals surface area (Å²) in [5, 5.41) is 0. The highest BCUT2D eigenvalue weighted by molar-refractivity contribution is 6.20. The lowest BCUT2D eigenvalue weighted by Crippen LogP contribution is -2.22. The van der Waals surface area contributed by atoms with Gasteiger partial charge in [0.15, 0.2) is 11.6 Å². The Balaban J connectivity index is 2.11. The second-order valence-electron chi connectivity index (χ2n) is 4.14. The van der Waals surface area contributed by atoms with Crippen LogP contribution in [0.4, 0.5) is 0 Å². The molecular formula is C14H10O2. The first-order chi connectivity index (χ1) is 7.75. The molecule has 0 atom stereocenters. The lowest BCUT2D eigenvalue weighted by molar-refractivity contribution is -0.115. The van der Waals surface area contributed by atoms with E-state index in [4.69, 9.17) is 0 Å². The van der Waals surface area contributed by atoms with Gasteiger partial charge in [-0.05, 0) is 23.3 Å². The summed E-state index contributed by atoms with van der Waals surface area (Å²) in [6.45, 7) is 0. The van der Waals surface area contributed by atoms with Crippen LogP contribution in [0.15, 0.2) is 47.6 Å². The van der Waals surface area contributed by atoms with Gasteiger partial charge in [0, 0.05) is 24.0 Å². The molecule has 0 radical (unpaired) electrons. The number of fused-ring (bicyclic) bond motifs is 1. The van der Waals surface area contributed by atoms with Crippen LogP contribution in [0.5, 0.6) is 0 Å². The van der Waals surface area contributed by atoms with E-state index in [0.717, 1.165) is 11.1 Å². The van der Waals surface area contributed by atoms with E-state index in [1.54, 1.807) is 0 Å². The van der Waals surface area contributed by atoms with Gasteiger partial charge >= 0.3 is 0 Å². The van der Waals surface area contributed by atoms with Crippen molar-refractivity contribution in [2.24, 2.45) is 0 Å². The summed E-state index contributed by atoms with van der Waals surface area (Å²) in [5.74, 6) is -0.0202. The van der Waals surface area contributed by atoms with E-state index in [9.17, 15) is 9.59 Å². The third kappa shape index (κ3) is 1.27. The van der Waals surface area contributed by atoms with Gasteiger partial charge in [0.05, 0.1) is 0 Å². The molecule has 0 bridgehead atoms. The predicted molar refractivity (Wildman–Crippen MR) is 60.0 cm³/mol. The lowest BCUT2D eigenvalue weighted by Gasteiger charge is -2.22. The van der Waals surface area contributed by atoms with Crippen LogP contribution in [-0.4, -0.2) is 11.6 Å². The van der Waals surface area contributed by atoms with Crippen molar-refractivity contribution in [2.75, 3.05) is 0 Å². The second-order valence-corrected chi connectivity index (χ2v) is 4.14. The van der Waals surface area contributed by atoms with Gasteiger partial charge in [-0.15, -0.1) is 0 Å². The summed E-state index contributed by atoms with van der Waals surface area (Å²) in [4.78, 5) is 23.4. The molecule has 0 amide bonds. The van der Waals surface area contributed by atoms with E-state index in [2.05, 4.69) is 0 Å². The summed E-state index contributed by atoms with van der Waals surface area (Å²) >= 11 is 0. The van der Waals surface area contributed by atoms with Crippen molar-refractivity contribution in [3.8, 4) is 0 Å². The Hall–Kier alpha value is -1.96. The Morgan fingerprint density at radius 3 is 1.62 bits per heavy atom. The van der Waals surface area contributed by atoms with Gasteiger partial charge in [0.25, 0.3) is 0 Å². The van der Waals surface area contributed by atoms with Crippen LogP contribution in [-0.2, 0) is 22.4 Å². The van der Waals surface area contributed by atoms with E-state index in [1.165, 1.54) is 12.2 Å². The Bertz CT molecular complexity index is 513. The number of carbonyl (C=O) groups excluding carboxylic acids is 2. The quantitative estimate of drug-likeness (QED) is 0.612. The van der Waals surface area contributed by atoms with Gasteiger partial charge in [0.1, 0.15) is 0 Å². The number of hydrogen-bond acceptors (Lipinski definition) is 2. The topological polar surface area (TPSA) is 34.1 Å². The monoisotopic (exact) mass is 210 g/mol. The van der Waals surface area contributed by atoms with Crippen molar-refractivity contribution in [1.82, 2.24) is 0 Å². The average Bonchev–Trinajstić information content (AvgIpc) is 2.32. The van der Waals surface area contributed by atoms with Crippen molar-refractivity contribution in [3.05, 3.63) is 58.7 Å². The first kappa shape index (κ1) is 9.28. The van der Waals surface area contributed by atoms with E-state index < -0.39 is 0 Å². The molecule has 0 spiro atoms. The smallest absolute Gasteiger partial charge is 0.182 e. The van der Waals surface area contributed by atoms with E-state index in [-0.39, 0.29) is 11.6 Å². The van der Waals surface area contributed by atoms with Crippen LogP contribution in [0.25, 0.3) is 0 Å². The molecule has 16 heavy (non-hydrogen) atoms. The number of ketones is 2. The van der Waals surface area contributed by atoms with E-state index in [0.29, 0.717) is 24.0 Å². The highest BCUT2D eigenvalue weighted by Crippen LogP contribution is 2.29. The molecular weight excluding hydrogens is 200 g/mol. The van der Waals surface area contributed by atoms with Gasteiger partial charge in [0.2, 0.25) is 0 Å². The summed E-state index contributed by atoms with van der Waals surface area (Å²) < 4.78 is 0. The van der Waals surface area contributed by atoms with Crippen LogP contribution >= 0.6 is 0 Å². The molecule has 0 saturated heterocycles. The standard InChI is InChI=1S/C14H10O2/c15-13-5-6-14(16)12-8-10-4-2-1-3-9(10)7-11(12)13/h1-6H,7-8H2. The first-order valence-corrected chi connectivity index (χ1v) is 5.31. The molecule has 3 rings (SSSR count). The molecule has 1 aromatic rings. The van der Waals surface area contributed by atoms with Gasteiger partial charge in [-0.25, -0.2) is 0 Å². The fourth-order valence-corrected chi connectivity index (χ4v) is 2.32. The Labute approximate surface area is 93.3 Å². The molecule has 2 aliphatic carbocycles. The van der Waals surface area contributed by atoms with Crippen molar-refractivity contribution in [1.29, 1.82) is 0 Å². The molecule has 0 saturated carbocycles. The van der Waals surface area contributed by atoms with Gasteiger partial charge < -0.3 is 0 Å². The molecule has 0 heterocycles. The summed E-state index contributed by atoms with van der Waals surface area (Å²) in [7, 11) is 0. The van der Waals surface area contributed by atoms with Crippen LogP contribution < -0.4 is 0 Å². The first-order valence-electron chi connectivity index (χ1n) is 5.31. The summed E-state index contributed by atoms with van der Waals surface area (Å²) in [6.07, 6.45) is 3.96. The highest BCUT2D eigenvalue weighted by Gasteiger charge is 2.27. The molecule has 0 fully saturated rings. The molecule has 2 nitrogen and oxygen atoms in total. The highest BCUT2D eigenvalue weighted by atomic mass is 16.1. The van der Waals surface area contributed by atoms with Crippen LogP contribution in [0.2, 0.25) is 0 Å². The van der Waals surface area contributed by atoms with Crippen molar-refractivity contribution in [3.63, 3.8) is 0 Å². The lowest BCUT2D eigenvalue weighted by atomic mass is 9.80. The van der Waals surface area contributed by atoms with Crippen molar-refractivity contribution in [2.45, 2.75) is 12.8 Å². The molecule has 2 aliphatic rings. The largest absolute Gasteiger partial charge is 0.290 e. The molecule has 0 N–H and O–H groups in total. The van der Waals surface area contributed by atoms with Gasteiger partial charge in [-0.3, -0.25) is 9.59 Å². The van der Waals surface area contributed by atoms with Crippen LogP contribution in [0, 0.1) is 0 Å². The zero-order valence-corrected chi connectivity index (χ0v) is 8.69. The number of hydrogen-bond donors (Lipinski definition) is 0. The third-order valence-electron chi connectivity index (χ3n) is 3.20. The number of benzene rings is 1.